The Hall–Kier alpha value is -2.62. The van der Waals surface area contributed by atoms with Gasteiger partial charge in [-0.3, -0.25) is 19.5 Å². The summed E-state index contributed by atoms with van der Waals surface area (Å²) >= 11 is 0. The van der Waals surface area contributed by atoms with Crippen LogP contribution in [0.2, 0.25) is 0 Å². The lowest BCUT2D eigenvalue weighted by molar-refractivity contribution is -0.134. The van der Waals surface area contributed by atoms with E-state index in [1.807, 2.05) is 18.7 Å². The molecule has 2 aliphatic rings. The zero-order valence-electron chi connectivity index (χ0n) is 16.3. The van der Waals surface area contributed by atoms with Crippen LogP contribution in [0.1, 0.15) is 33.1 Å². The maximum absolute atomic E-state index is 13.2. The van der Waals surface area contributed by atoms with Crippen LogP contribution in [0.3, 0.4) is 0 Å². The van der Waals surface area contributed by atoms with Crippen molar-refractivity contribution in [3.63, 3.8) is 0 Å². The Morgan fingerprint density at radius 2 is 1.96 bits per heavy atom. The number of hydrogen-bond acceptors (Lipinski definition) is 7. The Kier molecular flexibility index (Phi) is 5.59. The lowest BCUT2D eigenvalue weighted by Gasteiger charge is -2.43. The zero-order valence-corrected chi connectivity index (χ0v) is 16.3. The number of rotatable bonds is 6. The van der Waals surface area contributed by atoms with Gasteiger partial charge in [-0.2, -0.15) is 4.98 Å². The van der Waals surface area contributed by atoms with Crippen molar-refractivity contribution in [2.75, 3.05) is 43.4 Å². The summed E-state index contributed by atoms with van der Waals surface area (Å²) in [6.45, 7) is 5.64. The molecular weight excluding hydrogens is 364 g/mol. The van der Waals surface area contributed by atoms with Gasteiger partial charge in [0, 0.05) is 38.9 Å². The molecule has 1 aromatic heterocycles. The van der Waals surface area contributed by atoms with Gasteiger partial charge in [0.15, 0.2) is 0 Å². The molecule has 0 radical (unpaired) electrons. The van der Waals surface area contributed by atoms with Crippen LogP contribution in [0.15, 0.2) is 10.9 Å². The van der Waals surface area contributed by atoms with Crippen molar-refractivity contribution in [1.29, 1.82) is 0 Å². The molecule has 154 valence electrons. The van der Waals surface area contributed by atoms with Crippen molar-refractivity contribution in [2.45, 2.75) is 38.6 Å². The lowest BCUT2D eigenvalue weighted by Crippen LogP contribution is -2.57. The summed E-state index contributed by atoms with van der Waals surface area (Å²) in [6, 6.07) is 1.11. The van der Waals surface area contributed by atoms with Crippen molar-refractivity contribution in [2.24, 2.45) is 5.92 Å². The summed E-state index contributed by atoms with van der Waals surface area (Å²) in [7, 11) is 0. The fourth-order valence-corrected chi connectivity index (χ4v) is 4.04. The topological polar surface area (TPSA) is 136 Å². The number of nitrogens with two attached hydrogens (primary N) is 1. The predicted octanol–water partition coefficient (Wildman–Crippen LogP) is -0.00630. The first-order chi connectivity index (χ1) is 13.3. The van der Waals surface area contributed by atoms with Crippen molar-refractivity contribution < 1.29 is 14.7 Å². The highest BCUT2D eigenvalue weighted by Gasteiger charge is 2.57. The van der Waals surface area contributed by atoms with Crippen molar-refractivity contribution in [1.82, 2.24) is 19.8 Å². The van der Waals surface area contributed by atoms with Gasteiger partial charge in [-0.1, -0.05) is 13.8 Å². The first kappa shape index (κ1) is 20.1. The van der Waals surface area contributed by atoms with E-state index < -0.39 is 5.54 Å². The second-order valence-corrected chi connectivity index (χ2v) is 7.83. The molecule has 2 fully saturated rings. The maximum Gasteiger partial charge on any atom is 0.327 e. The van der Waals surface area contributed by atoms with Gasteiger partial charge in [0.25, 0.3) is 11.5 Å². The number of aromatic amines is 1. The fourth-order valence-electron chi connectivity index (χ4n) is 4.04. The summed E-state index contributed by atoms with van der Waals surface area (Å²) in [5.74, 6) is 0.551. The van der Waals surface area contributed by atoms with Crippen LogP contribution in [0.25, 0.3) is 0 Å². The number of aliphatic hydroxyl groups is 1. The predicted molar refractivity (Wildman–Crippen MR) is 104 cm³/mol. The number of H-pyrrole nitrogens is 1. The summed E-state index contributed by atoms with van der Waals surface area (Å²) in [5.41, 5.74) is 4.43. The number of nitrogens with zero attached hydrogens (tertiary/aromatic N) is 4. The number of amides is 3. The number of aromatic nitrogens is 2. The molecule has 0 unspecified atom stereocenters. The number of nitrogen functional groups attached to an aromatic ring is 1. The van der Waals surface area contributed by atoms with E-state index in [4.69, 9.17) is 10.8 Å². The third-order valence-corrected chi connectivity index (χ3v) is 5.37. The van der Waals surface area contributed by atoms with E-state index in [0.717, 1.165) is 0 Å². The third kappa shape index (κ3) is 3.56. The van der Waals surface area contributed by atoms with E-state index in [1.54, 1.807) is 4.90 Å². The van der Waals surface area contributed by atoms with Crippen LogP contribution < -0.4 is 16.2 Å². The molecule has 3 heterocycles. The molecule has 0 aromatic carbocycles. The summed E-state index contributed by atoms with van der Waals surface area (Å²) in [6.07, 6.45) is 1.27. The van der Waals surface area contributed by atoms with Gasteiger partial charge < -0.3 is 20.6 Å². The Bertz CT molecular complexity index is 800. The molecule has 4 N–H and O–H groups in total. The molecule has 10 nitrogen and oxygen atoms in total. The van der Waals surface area contributed by atoms with Gasteiger partial charge in [0.05, 0.1) is 0 Å². The van der Waals surface area contributed by atoms with Gasteiger partial charge in [-0.15, -0.1) is 0 Å². The first-order valence-electron chi connectivity index (χ1n) is 9.64. The number of carbonyl (C=O) groups is 2. The molecular formula is C18H28N6O4. The molecule has 0 aliphatic carbocycles. The van der Waals surface area contributed by atoms with Crippen LogP contribution in [-0.4, -0.2) is 75.1 Å². The Morgan fingerprint density at radius 1 is 1.29 bits per heavy atom. The second-order valence-electron chi connectivity index (χ2n) is 7.83. The standard InChI is InChI=1S/C18H28N6O4/c1-12(2)11-24-17(28)23(6-3-9-25)15(27)18(24)4-7-22(8-5-18)13-10-14(26)21-16(19)20-13/h10,12,25H,3-9,11H2,1-2H3,(H3,19,20,21,26). The molecule has 10 heteroatoms. The number of piperidine rings is 1. The minimum atomic E-state index is -0.875. The smallest absolute Gasteiger partial charge is 0.327 e. The summed E-state index contributed by atoms with van der Waals surface area (Å²) < 4.78 is 0. The van der Waals surface area contributed by atoms with E-state index in [9.17, 15) is 14.4 Å². The molecule has 1 spiro atoms. The Morgan fingerprint density at radius 3 is 2.54 bits per heavy atom. The minimum Gasteiger partial charge on any atom is -0.396 e. The summed E-state index contributed by atoms with van der Waals surface area (Å²) in [5, 5.41) is 9.10. The number of urea groups is 1. The first-order valence-corrected chi connectivity index (χ1v) is 9.64. The molecule has 2 aliphatic heterocycles. The van der Waals surface area contributed by atoms with E-state index in [0.29, 0.717) is 44.7 Å². The van der Waals surface area contributed by atoms with Crippen molar-refractivity contribution in [3.05, 3.63) is 16.4 Å². The molecule has 0 bridgehead atoms. The molecule has 1 aromatic rings. The highest BCUT2D eigenvalue weighted by Crippen LogP contribution is 2.38. The van der Waals surface area contributed by atoms with Crippen LogP contribution in [0, 0.1) is 5.92 Å². The van der Waals surface area contributed by atoms with Gasteiger partial charge >= 0.3 is 6.03 Å². The van der Waals surface area contributed by atoms with Crippen LogP contribution in [-0.2, 0) is 4.79 Å². The molecule has 28 heavy (non-hydrogen) atoms. The van der Waals surface area contributed by atoms with E-state index in [-0.39, 0.29) is 42.5 Å². The SMILES string of the molecule is CC(C)CN1C(=O)N(CCCO)C(=O)C12CCN(c1cc(=O)[nH]c(N)n1)CC2. The molecule has 2 saturated heterocycles. The van der Waals surface area contributed by atoms with Crippen LogP contribution >= 0.6 is 0 Å². The number of nitrogens with one attached hydrogen (secondary N) is 1. The van der Waals surface area contributed by atoms with Crippen LogP contribution in [0.4, 0.5) is 16.6 Å². The number of hydrogen-bond donors (Lipinski definition) is 3. The number of aliphatic hydroxyl groups excluding tert-OH is 1. The van der Waals surface area contributed by atoms with E-state index in [1.165, 1.54) is 11.0 Å². The van der Waals surface area contributed by atoms with Gasteiger partial charge in [-0.25, -0.2) is 4.79 Å². The summed E-state index contributed by atoms with van der Waals surface area (Å²) in [4.78, 5) is 49.3. The molecule has 0 saturated carbocycles. The lowest BCUT2D eigenvalue weighted by atomic mass is 9.85. The zero-order chi connectivity index (χ0) is 20.5. The van der Waals surface area contributed by atoms with E-state index >= 15 is 0 Å². The number of carbonyl (C=O) groups excluding carboxylic acids is 2. The van der Waals surface area contributed by atoms with E-state index in [2.05, 4.69) is 9.97 Å². The fraction of sp³-hybridized carbons (Fsp3) is 0.667. The maximum atomic E-state index is 13.2. The monoisotopic (exact) mass is 392 g/mol. The number of imide groups is 1. The third-order valence-electron chi connectivity index (χ3n) is 5.37. The molecule has 3 amide bonds. The second kappa shape index (κ2) is 7.78. The Balaban J connectivity index is 1.84. The highest BCUT2D eigenvalue weighted by molar-refractivity contribution is 6.07. The Labute approximate surface area is 163 Å². The quantitative estimate of drug-likeness (QED) is 0.580. The number of anilines is 2. The van der Waals surface area contributed by atoms with Gasteiger partial charge in [0.2, 0.25) is 5.95 Å². The minimum absolute atomic E-state index is 0.0477. The average Bonchev–Trinajstić information content (AvgIpc) is 2.81. The van der Waals surface area contributed by atoms with Gasteiger partial charge in [0.1, 0.15) is 11.4 Å². The average molecular weight is 392 g/mol. The van der Waals surface area contributed by atoms with Crippen LogP contribution in [0.5, 0.6) is 0 Å². The highest BCUT2D eigenvalue weighted by atomic mass is 16.3. The van der Waals surface area contributed by atoms with Crippen molar-refractivity contribution in [3.8, 4) is 0 Å². The molecule has 0 atom stereocenters. The normalized spacial score (nSPS) is 19.4. The molecule has 3 rings (SSSR count). The van der Waals surface area contributed by atoms with Crippen molar-refractivity contribution >= 4 is 23.7 Å². The van der Waals surface area contributed by atoms with Gasteiger partial charge in [-0.05, 0) is 25.2 Å². The largest absolute Gasteiger partial charge is 0.396 e.